The smallest absolute Gasteiger partial charge is 0.133 e. The highest BCUT2D eigenvalue weighted by molar-refractivity contribution is 9.10. The Hall–Kier alpha value is -0.740. The summed E-state index contributed by atoms with van der Waals surface area (Å²) >= 11 is 3.54. The Labute approximate surface area is 117 Å². The predicted molar refractivity (Wildman–Crippen MR) is 77.3 cm³/mol. The van der Waals surface area contributed by atoms with Crippen molar-refractivity contribution in [2.75, 3.05) is 32.1 Å². The van der Waals surface area contributed by atoms with E-state index in [0.717, 1.165) is 16.1 Å². The lowest BCUT2D eigenvalue weighted by molar-refractivity contribution is 0.0975. The van der Waals surface area contributed by atoms with E-state index in [1.165, 1.54) is 38.2 Å². The summed E-state index contributed by atoms with van der Waals surface area (Å²) in [6, 6.07) is 6.82. The third kappa shape index (κ3) is 2.36. The van der Waals surface area contributed by atoms with Crippen LogP contribution < -0.4 is 10.1 Å². The fraction of sp³-hybridized carbons (Fsp3) is 0.571. The summed E-state index contributed by atoms with van der Waals surface area (Å²) in [5.41, 5.74) is 1.18. The summed E-state index contributed by atoms with van der Waals surface area (Å²) in [7, 11) is 1.70. The lowest BCUT2D eigenvalue weighted by Crippen LogP contribution is -2.53. The van der Waals surface area contributed by atoms with E-state index >= 15 is 0 Å². The standard InChI is InChI=1S/C14H19BrN2O/c1-18-14-3-2-11(8-12(14)15)16-13-9-17-6-4-10(13)5-7-17/h2-3,8,10,13,16H,4-7,9H2,1H3. The topological polar surface area (TPSA) is 24.5 Å². The van der Waals surface area contributed by atoms with Gasteiger partial charge in [-0.1, -0.05) is 0 Å². The molecule has 0 spiro atoms. The fourth-order valence-corrected chi connectivity index (χ4v) is 3.64. The van der Waals surface area contributed by atoms with Gasteiger partial charge in [0.15, 0.2) is 0 Å². The molecule has 0 saturated carbocycles. The van der Waals surface area contributed by atoms with Crippen molar-refractivity contribution < 1.29 is 4.74 Å². The minimum atomic E-state index is 0.604. The van der Waals surface area contributed by atoms with Gasteiger partial charge in [0.1, 0.15) is 5.75 Å². The third-order valence-corrected chi connectivity index (χ3v) is 4.78. The van der Waals surface area contributed by atoms with Crippen LogP contribution in [0.1, 0.15) is 12.8 Å². The number of anilines is 1. The van der Waals surface area contributed by atoms with E-state index in [9.17, 15) is 0 Å². The highest BCUT2D eigenvalue weighted by Gasteiger charge is 2.33. The van der Waals surface area contributed by atoms with E-state index in [4.69, 9.17) is 4.74 Å². The molecule has 1 N–H and O–H groups in total. The minimum absolute atomic E-state index is 0.604. The normalized spacial score (nSPS) is 30.2. The Balaban J connectivity index is 1.71. The lowest BCUT2D eigenvalue weighted by Gasteiger charge is -2.45. The molecule has 4 rings (SSSR count). The van der Waals surface area contributed by atoms with Crippen LogP contribution in [-0.4, -0.2) is 37.7 Å². The second-order valence-corrected chi connectivity index (χ2v) is 6.09. The second kappa shape index (κ2) is 5.10. The molecule has 1 aromatic rings. The van der Waals surface area contributed by atoms with E-state index in [-0.39, 0.29) is 0 Å². The molecule has 0 radical (unpaired) electrons. The zero-order chi connectivity index (χ0) is 12.5. The maximum Gasteiger partial charge on any atom is 0.133 e. The van der Waals surface area contributed by atoms with Crippen LogP contribution in [0, 0.1) is 5.92 Å². The Morgan fingerprint density at radius 3 is 2.67 bits per heavy atom. The summed E-state index contributed by atoms with van der Waals surface area (Å²) in [6.45, 7) is 3.76. The molecular weight excluding hydrogens is 292 g/mol. The van der Waals surface area contributed by atoms with Gasteiger partial charge in [-0.2, -0.15) is 0 Å². The van der Waals surface area contributed by atoms with Gasteiger partial charge in [0.05, 0.1) is 11.6 Å². The predicted octanol–water partition coefficient (Wildman–Crippen LogP) is 2.96. The molecule has 0 amide bonds. The molecule has 0 aliphatic carbocycles. The first-order valence-electron chi connectivity index (χ1n) is 6.58. The summed E-state index contributed by atoms with van der Waals surface area (Å²) in [5, 5.41) is 3.68. The van der Waals surface area contributed by atoms with Crippen LogP contribution >= 0.6 is 15.9 Å². The first kappa shape index (κ1) is 12.3. The largest absolute Gasteiger partial charge is 0.496 e. The summed E-state index contributed by atoms with van der Waals surface area (Å²) in [4.78, 5) is 2.57. The van der Waals surface area contributed by atoms with Crippen LogP contribution in [-0.2, 0) is 0 Å². The molecule has 1 unspecified atom stereocenters. The number of ether oxygens (including phenoxy) is 1. The summed E-state index contributed by atoms with van der Waals surface area (Å²) in [5.74, 6) is 1.73. The molecule has 98 valence electrons. The van der Waals surface area contributed by atoms with Crippen molar-refractivity contribution in [3.8, 4) is 5.75 Å². The molecule has 0 aromatic heterocycles. The van der Waals surface area contributed by atoms with Crippen molar-refractivity contribution in [2.24, 2.45) is 5.92 Å². The molecule has 3 fully saturated rings. The Morgan fingerprint density at radius 1 is 1.33 bits per heavy atom. The number of piperidine rings is 3. The van der Waals surface area contributed by atoms with Gasteiger partial charge >= 0.3 is 0 Å². The molecule has 3 aliphatic heterocycles. The number of rotatable bonds is 3. The number of hydrogen-bond donors (Lipinski definition) is 1. The van der Waals surface area contributed by atoms with Gasteiger partial charge in [0.25, 0.3) is 0 Å². The van der Waals surface area contributed by atoms with Crippen molar-refractivity contribution in [1.82, 2.24) is 4.90 Å². The molecule has 3 heterocycles. The Kier molecular flexibility index (Phi) is 3.48. The van der Waals surface area contributed by atoms with Crippen molar-refractivity contribution in [1.29, 1.82) is 0 Å². The molecule has 1 atom stereocenters. The maximum absolute atomic E-state index is 5.26. The van der Waals surface area contributed by atoms with Crippen LogP contribution in [0.25, 0.3) is 0 Å². The molecule has 4 heteroatoms. The van der Waals surface area contributed by atoms with Gasteiger partial charge in [-0.15, -0.1) is 0 Å². The number of nitrogens with zero attached hydrogens (tertiary/aromatic N) is 1. The number of fused-ring (bicyclic) bond motifs is 3. The van der Waals surface area contributed by atoms with E-state index in [1.54, 1.807) is 7.11 Å². The minimum Gasteiger partial charge on any atom is -0.496 e. The van der Waals surface area contributed by atoms with Crippen LogP contribution in [0.3, 0.4) is 0 Å². The zero-order valence-electron chi connectivity index (χ0n) is 10.7. The molecular formula is C14H19BrN2O. The van der Waals surface area contributed by atoms with E-state index in [0.29, 0.717) is 6.04 Å². The highest BCUT2D eigenvalue weighted by atomic mass is 79.9. The number of benzene rings is 1. The average molecular weight is 311 g/mol. The lowest BCUT2D eigenvalue weighted by atomic mass is 9.84. The number of hydrogen-bond acceptors (Lipinski definition) is 3. The van der Waals surface area contributed by atoms with Gasteiger partial charge in [0.2, 0.25) is 0 Å². The third-order valence-electron chi connectivity index (χ3n) is 4.16. The summed E-state index contributed by atoms with van der Waals surface area (Å²) < 4.78 is 6.27. The number of methoxy groups -OCH3 is 1. The van der Waals surface area contributed by atoms with Crippen LogP contribution in [0.15, 0.2) is 22.7 Å². The van der Waals surface area contributed by atoms with Crippen molar-refractivity contribution in [3.63, 3.8) is 0 Å². The molecule has 18 heavy (non-hydrogen) atoms. The number of nitrogens with one attached hydrogen (secondary N) is 1. The van der Waals surface area contributed by atoms with E-state index in [1.807, 2.05) is 6.07 Å². The van der Waals surface area contributed by atoms with Crippen molar-refractivity contribution >= 4 is 21.6 Å². The SMILES string of the molecule is COc1ccc(NC2CN3CCC2CC3)cc1Br. The summed E-state index contributed by atoms with van der Waals surface area (Å²) in [6.07, 6.45) is 2.68. The van der Waals surface area contributed by atoms with Gasteiger partial charge < -0.3 is 15.0 Å². The van der Waals surface area contributed by atoms with Crippen LogP contribution in [0.4, 0.5) is 5.69 Å². The molecule has 1 aromatic carbocycles. The molecule has 3 nitrogen and oxygen atoms in total. The van der Waals surface area contributed by atoms with Crippen molar-refractivity contribution in [2.45, 2.75) is 18.9 Å². The zero-order valence-corrected chi connectivity index (χ0v) is 12.2. The average Bonchev–Trinajstić information content (AvgIpc) is 2.40. The first-order chi connectivity index (χ1) is 8.76. The Bertz CT molecular complexity index is 430. The molecule has 3 saturated heterocycles. The number of halogens is 1. The van der Waals surface area contributed by atoms with E-state index in [2.05, 4.69) is 38.3 Å². The molecule has 2 bridgehead atoms. The maximum atomic E-state index is 5.26. The molecule has 3 aliphatic rings. The Morgan fingerprint density at radius 2 is 2.11 bits per heavy atom. The monoisotopic (exact) mass is 310 g/mol. The van der Waals surface area contributed by atoms with Crippen LogP contribution in [0.5, 0.6) is 5.75 Å². The van der Waals surface area contributed by atoms with Gasteiger partial charge in [0, 0.05) is 18.3 Å². The highest BCUT2D eigenvalue weighted by Crippen LogP contribution is 2.32. The second-order valence-electron chi connectivity index (χ2n) is 5.24. The fourth-order valence-electron chi connectivity index (χ4n) is 3.10. The van der Waals surface area contributed by atoms with Crippen LogP contribution in [0.2, 0.25) is 0 Å². The van der Waals surface area contributed by atoms with Crippen molar-refractivity contribution in [3.05, 3.63) is 22.7 Å². The first-order valence-corrected chi connectivity index (χ1v) is 7.38. The van der Waals surface area contributed by atoms with E-state index < -0.39 is 0 Å². The quantitative estimate of drug-likeness (QED) is 0.929. The van der Waals surface area contributed by atoms with Gasteiger partial charge in [-0.05, 0) is 66.0 Å². The van der Waals surface area contributed by atoms with Gasteiger partial charge in [-0.3, -0.25) is 0 Å². The van der Waals surface area contributed by atoms with Gasteiger partial charge in [-0.25, -0.2) is 0 Å².